The van der Waals surface area contributed by atoms with Crippen molar-refractivity contribution in [2.24, 2.45) is 23.3 Å². The van der Waals surface area contributed by atoms with E-state index in [1.54, 1.807) is 7.05 Å². The number of aliphatic hydroxyl groups is 1. The number of rotatable bonds is 8. The van der Waals surface area contributed by atoms with Crippen LogP contribution < -0.4 is 11.5 Å². The van der Waals surface area contributed by atoms with Crippen LogP contribution in [-0.2, 0) is 9.59 Å². The topological polar surface area (TPSA) is 110 Å². The van der Waals surface area contributed by atoms with E-state index in [1.165, 1.54) is 4.90 Å². The molecule has 0 fully saturated rings. The van der Waals surface area contributed by atoms with Crippen molar-refractivity contribution in [2.45, 2.75) is 58.7 Å². The highest BCUT2D eigenvalue weighted by Gasteiger charge is 2.34. The standard InChI is InChI=1S/C14H29N3O3/c1-6-9(4)13(10(18)7-11(15)19)17(5)14(20)12(16)8(2)3/h8-10,12-13,18H,6-7,16H2,1-5H3,(H2,15,19)/t9-,10+,12-,13?/m0/s1. The van der Waals surface area contributed by atoms with Crippen LogP contribution in [0.1, 0.15) is 40.5 Å². The van der Waals surface area contributed by atoms with Gasteiger partial charge in [0.05, 0.1) is 24.6 Å². The van der Waals surface area contributed by atoms with E-state index in [2.05, 4.69) is 0 Å². The molecular weight excluding hydrogens is 258 g/mol. The number of nitrogens with zero attached hydrogens (tertiary/aromatic N) is 1. The summed E-state index contributed by atoms with van der Waals surface area (Å²) in [5, 5.41) is 10.2. The van der Waals surface area contributed by atoms with Crippen LogP contribution in [0.15, 0.2) is 0 Å². The van der Waals surface area contributed by atoms with Crippen molar-refractivity contribution in [2.75, 3.05) is 7.05 Å². The van der Waals surface area contributed by atoms with Crippen LogP contribution in [0.3, 0.4) is 0 Å². The summed E-state index contributed by atoms with van der Waals surface area (Å²) in [7, 11) is 1.62. The Bertz CT molecular complexity index is 334. The van der Waals surface area contributed by atoms with E-state index in [-0.39, 0.29) is 24.2 Å². The van der Waals surface area contributed by atoms with Crippen molar-refractivity contribution in [1.82, 2.24) is 4.90 Å². The number of nitrogens with two attached hydrogens (primary N) is 2. The van der Waals surface area contributed by atoms with Crippen molar-refractivity contribution in [1.29, 1.82) is 0 Å². The maximum absolute atomic E-state index is 12.3. The van der Waals surface area contributed by atoms with Gasteiger partial charge in [0, 0.05) is 7.05 Å². The van der Waals surface area contributed by atoms with Crippen LogP contribution in [0, 0.1) is 11.8 Å². The van der Waals surface area contributed by atoms with E-state index in [4.69, 9.17) is 11.5 Å². The molecule has 0 spiro atoms. The third kappa shape index (κ3) is 5.09. The molecule has 0 bridgehead atoms. The monoisotopic (exact) mass is 287 g/mol. The first-order valence-electron chi connectivity index (χ1n) is 7.12. The maximum Gasteiger partial charge on any atom is 0.239 e. The van der Waals surface area contributed by atoms with Gasteiger partial charge in [-0.05, 0) is 11.8 Å². The summed E-state index contributed by atoms with van der Waals surface area (Å²) in [6.45, 7) is 7.64. The van der Waals surface area contributed by atoms with Gasteiger partial charge in [0.2, 0.25) is 11.8 Å². The van der Waals surface area contributed by atoms with E-state index in [1.807, 2.05) is 27.7 Å². The van der Waals surface area contributed by atoms with E-state index in [0.717, 1.165) is 6.42 Å². The molecule has 20 heavy (non-hydrogen) atoms. The second-order valence-electron chi connectivity index (χ2n) is 5.83. The SMILES string of the molecule is CC[C@H](C)C([C@H](O)CC(N)=O)N(C)C(=O)[C@@H](N)C(C)C. The molecule has 118 valence electrons. The van der Waals surface area contributed by atoms with Crippen LogP contribution in [0.25, 0.3) is 0 Å². The molecule has 0 saturated carbocycles. The largest absolute Gasteiger partial charge is 0.390 e. The van der Waals surface area contributed by atoms with Gasteiger partial charge in [-0.15, -0.1) is 0 Å². The first-order chi connectivity index (χ1) is 9.13. The highest BCUT2D eigenvalue weighted by molar-refractivity contribution is 5.82. The summed E-state index contributed by atoms with van der Waals surface area (Å²) in [5.74, 6) is -0.762. The molecule has 2 amide bonds. The van der Waals surface area contributed by atoms with Crippen LogP contribution >= 0.6 is 0 Å². The molecule has 5 N–H and O–H groups in total. The average Bonchev–Trinajstić information content (AvgIpc) is 2.35. The van der Waals surface area contributed by atoms with E-state index >= 15 is 0 Å². The molecule has 0 aromatic carbocycles. The smallest absolute Gasteiger partial charge is 0.239 e. The fraction of sp³-hybridized carbons (Fsp3) is 0.857. The normalized spacial score (nSPS) is 17.4. The predicted molar refractivity (Wildman–Crippen MR) is 78.6 cm³/mol. The molecule has 6 heteroatoms. The fourth-order valence-corrected chi connectivity index (χ4v) is 2.25. The zero-order valence-corrected chi connectivity index (χ0v) is 13.2. The second kappa shape index (κ2) is 8.21. The Morgan fingerprint density at radius 3 is 2.10 bits per heavy atom. The van der Waals surface area contributed by atoms with Crippen LogP contribution in [0.5, 0.6) is 0 Å². The average molecular weight is 287 g/mol. The summed E-state index contributed by atoms with van der Waals surface area (Å²) in [6, 6.07) is -1.09. The Kier molecular flexibility index (Phi) is 7.75. The summed E-state index contributed by atoms with van der Waals surface area (Å²) >= 11 is 0. The molecule has 1 unspecified atom stereocenters. The number of likely N-dealkylation sites (N-methyl/N-ethyl adjacent to an activating group) is 1. The van der Waals surface area contributed by atoms with Gasteiger partial charge in [-0.3, -0.25) is 9.59 Å². The van der Waals surface area contributed by atoms with Gasteiger partial charge < -0.3 is 21.5 Å². The number of carbonyl (C=O) groups excluding carboxylic acids is 2. The van der Waals surface area contributed by atoms with E-state index < -0.39 is 24.1 Å². The number of hydrogen-bond donors (Lipinski definition) is 3. The first-order valence-corrected chi connectivity index (χ1v) is 7.12. The molecule has 0 aliphatic carbocycles. The molecule has 0 aliphatic heterocycles. The Morgan fingerprint density at radius 1 is 1.25 bits per heavy atom. The minimum absolute atomic E-state index is 0.0100. The molecule has 0 aliphatic rings. The number of hydrogen-bond acceptors (Lipinski definition) is 4. The van der Waals surface area contributed by atoms with Crippen molar-refractivity contribution in [3.05, 3.63) is 0 Å². The lowest BCUT2D eigenvalue weighted by molar-refractivity contribution is -0.139. The minimum atomic E-state index is -0.976. The number of carbonyl (C=O) groups is 2. The maximum atomic E-state index is 12.3. The Balaban J connectivity index is 5.12. The number of primary amides is 1. The lowest BCUT2D eigenvalue weighted by Gasteiger charge is -2.37. The summed E-state index contributed by atoms with van der Waals surface area (Å²) < 4.78 is 0. The first kappa shape index (κ1) is 18.9. The van der Waals surface area contributed by atoms with Crippen LogP contribution in [-0.4, -0.2) is 47.1 Å². The molecule has 4 atom stereocenters. The zero-order valence-electron chi connectivity index (χ0n) is 13.2. The molecular formula is C14H29N3O3. The molecule has 6 nitrogen and oxygen atoms in total. The molecule has 0 rings (SSSR count). The van der Waals surface area contributed by atoms with E-state index in [9.17, 15) is 14.7 Å². The molecule has 0 heterocycles. The van der Waals surface area contributed by atoms with Crippen molar-refractivity contribution >= 4 is 11.8 Å². The van der Waals surface area contributed by atoms with Gasteiger partial charge >= 0.3 is 0 Å². The van der Waals surface area contributed by atoms with Crippen molar-refractivity contribution in [3.63, 3.8) is 0 Å². The minimum Gasteiger partial charge on any atom is -0.390 e. The Morgan fingerprint density at radius 2 is 1.75 bits per heavy atom. The van der Waals surface area contributed by atoms with Gasteiger partial charge in [0.25, 0.3) is 0 Å². The van der Waals surface area contributed by atoms with E-state index in [0.29, 0.717) is 0 Å². The summed E-state index contributed by atoms with van der Waals surface area (Å²) in [5.41, 5.74) is 11.0. The third-order valence-corrected chi connectivity index (χ3v) is 3.83. The van der Waals surface area contributed by atoms with Crippen LogP contribution in [0.2, 0.25) is 0 Å². The van der Waals surface area contributed by atoms with Gasteiger partial charge in [0.1, 0.15) is 0 Å². The molecule has 0 aromatic heterocycles. The summed E-state index contributed by atoms with van der Waals surface area (Å²) in [4.78, 5) is 24.8. The van der Waals surface area contributed by atoms with Gasteiger partial charge in [-0.1, -0.05) is 34.1 Å². The lowest BCUT2D eigenvalue weighted by atomic mass is 9.90. The summed E-state index contributed by atoms with van der Waals surface area (Å²) in [6.07, 6.45) is -0.366. The highest BCUT2D eigenvalue weighted by atomic mass is 16.3. The predicted octanol–water partition coefficient (Wildman–Crippen LogP) is 0.0791. The lowest BCUT2D eigenvalue weighted by Crippen LogP contribution is -2.55. The fourth-order valence-electron chi connectivity index (χ4n) is 2.25. The van der Waals surface area contributed by atoms with Crippen molar-refractivity contribution in [3.8, 4) is 0 Å². The quantitative estimate of drug-likeness (QED) is 0.587. The molecule has 0 aromatic rings. The van der Waals surface area contributed by atoms with Crippen molar-refractivity contribution < 1.29 is 14.7 Å². The van der Waals surface area contributed by atoms with Gasteiger partial charge in [-0.2, -0.15) is 0 Å². The molecule has 0 radical (unpaired) electrons. The number of aliphatic hydroxyl groups excluding tert-OH is 1. The second-order valence-corrected chi connectivity index (χ2v) is 5.83. The molecule has 0 saturated heterocycles. The number of amides is 2. The highest BCUT2D eigenvalue weighted by Crippen LogP contribution is 2.20. The van der Waals surface area contributed by atoms with Crippen LogP contribution in [0.4, 0.5) is 0 Å². The zero-order chi connectivity index (χ0) is 16.0. The Hall–Kier alpha value is -1.14. The van der Waals surface area contributed by atoms with Gasteiger partial charge in [0.15, 0.2) is 0 Å². The Labute approximate surface area is 121 Å². The third-order valence-electron chi connectivity index (χ3n) is 3.83. The van der Waals surface area contributed by atoms with Gasteiger partial charge in [-0.25, -0.2) is 0 Å².